The van der Waals surface area contributed by atoms with Crippen molar-refractivity contribution in [3.05, 3.63) is 29.8 Å². The molecule has 0 aromatic heterocycles. The first-order chi connectivity index (χ1) is 12.6. The van der Waals surface area contributed by atoms with Gasteiger partial charge in [-0.05, 0) is 44.2 Å². The van der Waals surface area contributed by atoms with Crippen molar-refractivity contribution in [2.45, 2.75) is 64.7 Å². The molecular weight excluding hydrogens is 326 g/mol. The highest BCUT2D eigenvalue weighted by atomic mass is 16.5. The Morgan fingerprint density at radius 2 is 1.81 bits per heavy atom. The van der Waals surface area contributed by atoms with E-state index in [-0.39, 0.29) is 18.2 Å². The lowest BCUT2D eigenvalue weighted by Gasteiger charge is -2.35. The fourth-order valence-corrected chi connectivity index (χ4v) is 4.23. The molecule has 5 heteroatoms. The number of nitrogens with one attached hydrogen (secondary N) is 2. The Hall–Kier alpha value is -1.59. The molecule has 1 aromatic rings. The van der Waals surface area contributed by atoms with Crippen LogP contribution in [0.25, 0.3) is 0 Å². The minimum Gasteiger partial charge on any atom is -0.373 e. The molecule has 0 bridgehead atoms. The third kappa shape index (κ3) is 5.71. The molecule has 1 aliphatic carbocycles. The van der Waals surface area contributed by atoms with E-state index in [0.29, 0.717) is 5.92 Å². The van der Waals surface area contributed by atoms with E-state index in [2.05, 4.69) is 35.4 Å². The van der Waals surface area contributed by atoms with Crippen molar-refractivity contribution in [2.75, 3.05) is 25.0 Å². The van der Waals surface area contributed by atoms with Crippen molar-refractivity contribution in [1.82, 2.24) is 10.2 Å². The van der Waals surface area contributed by atoms with E-state index in [1.807, 2.05) is 18.2 Å². The highest BCUT2D eigenvalue weighted by molar-refractivity contribution is 5.90. The SMILES string of the molecule is CC1CN(Cc2ccccc2NC(=O)NCC2CCCCC2)CC(C)O1. The van der Waals surface area contributed by atoms with Gasteiger partial charge in [0.2, 0.25) is 0 Å². The second-order valence-corrected chi connectivity index (χ2v) is 7.95. The van der Waals surface area contributed by atoms with E-state index in [1.165, 1.54) is 32.1 Å². The van der Waals surface area contributed by atoms with Crippen molar-refractivity contribution in [2.24, 2.45) is 5.92 Å². The predicted molar refractivity (Wildman–Crippen MR) is 105 cm³/mol. The van der Waals surface area contributed by atoms with Gasteiger partial charge in [-0.3, -0.25) is 4.90 Å². The number of morpholine rings is 1. The van der Waals surface area contributed by atoms with E-state index in [1.54, 1.807) is 0 Å². The fourth-order valence-electron chi connectivity index (χ4n) is 4.23. The average molecular weight is 360 g/mol. The molecule has 2 amide bonds. The molecule has 0 radical (unpaired) electrons. The number of carbonyl (C=O) groups is 1. The molecule has 0 spiro atoms. The van der Waals surface area contributed by atoms with Gasteiger partial charge in [0.15, 0.2) is 0 Å². The summed E-state index contributed by atoms with van der Waals surface area (Å²) in [6, 6.07) is 8.01. The van der Waals surface area contributed by atoms with Gasteiger partial charge in [0.05, 0.1) is 12.2 Å². The molecule has 1 saturated heterocycles. The first-order valence-corrected chi connectivity index (χ1v) is 10.1. The summed E-state index contributed by atoms with van der Waals surface area (Å²) >= 11 is 0. The molecule has 1 heterocycles. The van der Waals surface area contributed by atoms with E-state index in [0.717, 1.165) is 37.4 Å². The maximum absolute atomic E-state index is 12.3. The lowest BCUT2D eigenvalue weighted by atomic mass is 9.89. The molecule has 1 aromatic carbocycles. The van der Waals surface area contributed by atoms with Crippen molar-refractivity contribution < 1.29 is 9.53 Å². The summed E-state index contributed by atoms with van der Waals surface area (Å²) in [6.45, 7) is 7.69. The minimum atomic E-state index is -0.0910. The van der Waals surface area contributed by atoms with E-state index >= 15 is 0 Å². The Kier molecular flexibility index (Phi) is 6.92. The zero-order valence-corrected chi connectivity index (χ0v) is 16.2. The molecule has 26 heavy (non-hydrogen) atoms. The van der Waals surface area contributed by atoms with Crippen molar-refractivity contribution in [3.63, 3.8) is 0 Å². The average Bonchev–Trinajstić information content (AvgIpc) is 2.62. The van der Waals surface area contributed by atoms with Crippen LogP contribution in [-0.2, 0) is 11.3 Å². The lowest BCUT2D eigenvalue weighted by Crippen LogP contribution is -2.45. The number of carbonyl (C=O) groups excluding carboxylic acids is 1. The maximum Gasteiger partial charge on any atom is 0.319 e. The third-order valence-corrected chi connectivity index (χ3v) is 5.43. The Balaban J connectivity index is 1.53. The van der Waals surface area contributed by atoms with E-state index in [4.69, 9.17) is 4.74 Å². The van der Waals surface area contributed by atoms with Crippen LogP contribution in [0.15, 0.2) is 24.3 Å². The molecule has 5 nitrogen and oxygen atoms in total. The van der Waals surface area contributed by atoms with Crippen LogP contribution < -0.4 is 10.6 Å². The first kappa shape index (κ1) is 19.2. The van der Waals surface area contributed by atoms with Gasteiger partial charge >= 0.3 is 6.03 Å². The van der Waals surface area contributed by atoms with Crippen LogP contribution in [0.1, 0.15) is 51.5 Å². The molecular formula is C21H33N3O2. The number of benzene rings is 1. The summed E-state index contributed by atoms with van der Waals surface area (Å²) in [5.74, 6) is 0.640. The molecule has 1 saturated carbocycles. The van der Waals surface area contributed by atoms with Crippen LogP contribution in [-0.4, -0.2) is 42.8 Å². The molecule has 144 valence electrons. The predicted octanol–water partition coefficient (Wildman–Crippen LogP) is 4.00. The molecule has 2 aliphatic rings. The zero-order chi connectivity index (χ0) is 18.4. The van der Waals surface area contributed by atoms with Crippen molar-refractivity contribution >= 4 is 11.7 Å². The smallest absolute Gasteiger partial charge is 0.319 e. The number of amides is 2. The highest BCUT2D eigenvalue weighted by Crippen LogP contribution is 2.23. The largest absolute Gasteiger partial charge is 0.373 e. The van der Waals surface area contributed by atoms with Crippen LogP contribution in [0.5, 0.6) is 0 Å². The molecule has 2 N–H and O–H groups in total. The van der Waals surface area contributed by atoms with Crippen LogP contribution in [0.3, 0.4) is 0 Å². The summed E-state index contributed by atoms with van der Waals surface area (Å²) in [4.78, 5) is 14.7. The number of hydrogen-bond acceptors (Lipinski definition) is 3. The summed E-state index contributed by atoms with van der Waals surface area (Å²) in [5, 5.41) is 6.12. The van der Waals surface area contributed by atoms with Crippen molar-refractivity contribution in [1.29, 1.82) is 0 Å². The molecule has 2 fully saturated rings. The summed E-state index contributed by atoms with van der Waals surface area (Å²) < 4.78 is 5.82. The number of rotatable bonds is 5. The van der Waals surface area contributed by atoms with Crippen LogP contribution in [0.2, 0.25) is 0 Å². The van der Waals surface area contributed by atoms with E-state index in [9.17, 15) is 4.79 Å². The Morgan fingerprint density at radius 1 is 1.12 bits per heavy atom. The molecule has 3 rings (SSSR count). The summed E-state index contributed by atoms with van der Waals surface area (Å²) in [5.41, 5.74) is 2.06. The van der Waals surface area contributed by atoms with Crippen LogP contribution in [0.4, 0.5) is 10.5 Å². The maximum atomic E-state index is 12.3. The standard InChI is InChI=1S/C21H33N3O2/c1-16-13-24(14-17(2)26-16)15-19-10-6-7-11-20(19)23-21(25)22-12-18-8-4-3-5-9-18/h6-7,10-11,16-18H,3-5,8-9,12-15H2,1-2H3,(H2,22,23,25). The normalized spacial score (nSPS) is 25.0. The number of nitrogens with zero attached hydrogens (tertiary/aromatic N) is 1. The molecule has 2 unspecified atom stereocenters. The van der Waals surface area contributed by atoms with Gasteiger partial charge in [0.1, 0.15) is 0 Å². The second kappa shape index (κ2) is 9.38. The topological polar surface area (TPSA) is 53.6 Å². The van der Waals surface area contributed by atoms with Gasteiger partial charge in [-0.2, -0.15) is 0 Å². The Bertz CT molecular complexity index is 576. The van der Waals surface area contributed by atoms with Crippen LogP contribution >= 0.6 is 0 Å². The first-order valence-electron chi connectivity index (χ1n) is 10.1. The quantitative estimate of drug-likeness (QED) is 0.835. The van der Waals surface area contributed by atoms with Gasteiger partial charge < -0.3 is 15.4 Å². The monoisotopic (exact) mass is 359 g/mol. The van der Waals surface area contributed by atoms with Crippen molar-refractivity contribution in [3.8, 4) is 0 Å². The highest BCUT2D eigenvalue weighted by Gasteiger charge is 2.23. The number of ether oxygens (including phenoxy) is 1. The second-order valence-electron chi connectivity index (χ2n) is 7.95. The number of urea groups is 1. The summed E-state index contributed by atoms with van der Waals surface area (Å²) in [7, 11) is 0. The number of para-hydroxylation sites is 1. The van der Waals surface area contributed by atoms with Gasteiger partial charge in [0.25, 0.3) is 0 Å². The van der Waals surface area contributed by atoms with Gasteiger partial charge in [-0.15, -0.1) is 0 Å². The van der Waals surface area contributed by atoms with Gasteiger partial charge in [-0.25, -0.2) is 4.79 Å². The zero-order valence-electron chi connectivity index (χ0n) is 16.2. The van der Waals surface area contributed by atoms with Crippen LogP contribution in [0, 0.1) is 5.92 Å². The Labute approximate surface area is 157 Å². The lowest BCUT2D eigenvalue weighted by molar-refractivity contribution is -0.0704. The summed E-state index contributed by atoms with van der Waals surface area (Å²) in [6.07, 6.45) is 6.92. The fraction of sp³-hybridized carbons (Fsp3) is 0.667. The molecule has 2 atom stereocenters. The van der Waals surface area contributed by atoms with Gasteiger partial charge in [0, 0.05) is 31.9 Å². The van der Waals surface area contributed by atoms with E-state index < -0.39 is 0 Å². The van der Waals surface area contributed by atoms with Gasteiger partial charge in [-0.1, -0.05) is 37.5 Å². The number of hydrogen-bond donors (Lipinski definition) is 2. The molecule has 1 aliphatic heterocycles. The number of anilines is 1. The Morgan fingerprint density at radius 3 is 2.54 bits per heavy atom. The minimum absolute atomic E-state index is 0.0910. The third-order valence-electron chi connectivity index (χ3n) is 5.43.